The largest absolute Gasteiger partial charge is 0.307 e. The number of aryl methyl sites for hydroxylation is 2. The number of non-ortho nitro benzene ring substituents is 1. The van der Waals surface area contributed by atoms with Crippen LogP contribution in [0.1, 0.15) is 28.6 Å². The van der Waals surface area contributed by atoms with Gasteiger partial charge in [-0.2, -0.15) is 4.68 Å². The summed E-state index contributed by atoms with van der Waals surface area (Å²) in [7, 11) is 1.80. The fourth-order valence-corrected chi connectivity index (χ4v) is 2.91. The van der Waals surface area contributed by atoms with E-state index >= 15 is 0 Å². The van der Waals surface area contributed by atoms with Gasteiger partial charge in [-0.25, -0.2) is 0 Å². The number of nitrogens with one attached hydrogen (secondary N) is 1. The van der Waals surface area contributed by atoms with Gasteiger partial charge in [-0.1, -0.05) is 30.3 Å². The van der Waals surface area contributed by atoms with Crippen LogP contribution in [0.25, 0.3) is 5.69 Å². The zero-order valence-electron chi connectivity index (χ0n) is 14.2. The van der Waals surface area contributed by atoms with E-state index in [9.17, 15) is 10.1 Å². The summed E-state index contributed by atoms with van der Waals surface area (Å²) in [5.41, 5.74) is 3.95. The topological polar surface area (TPSA) is 98.8 Å². The summed E-state index contributed by atoms with van der Waals surface area (Å²) >= 11 is 0. The number of hydrogen-bond acceptors (Lipinski definition) is 6. The molecule has 0 radical (unpaired) electrons. The molecule has 25 heavy (non-hydrogen) atoms. The molecular weight excluding hydrogens is 320 g/mol. The molecule has 1 unspecified atom stereocenters. The Bertz CT molecular complexity index is 884. The van der Waals surface area contributed by atoms with Gasteiger partial charge in [0, 0.05) is 12.1 Å². The zero-order valence-corrected chi connectivity index (χ0v) is 14.2. The first kappa shape index (κ1) is 16.7. The van der Waals surface area contributed by atoms with Crippen LogP contribution < -0.4 is 5.32 Å². The third kappa shape index (κ3) is 3.11. The first-order chi connectivity index (χ1) is 12.0. The van der Waals surface area contributed by atoms with Crippen molar-refractivity contribution >= 4 is 5.69 Å². The Hall–Kier alpha value is -3.13. The van der Waals surface area contributed by atoms with Gasteiger partial charge in [0.15, 0.2) is 5.82 Å². The van der Waals surface area contributed by atoms with E-state index in [4.69, 9.17) is 0 Å². The highest BCUT2D eigenvalue weighted by molar-refractivity contribution is 5.47. The normalized spacial score (nSPS) is 12.1. The van der Waals surface area contributed by atoms with Crippen LogP contribution >= 0.6 is 0 Å². The van der Waals surface area contributed by atoms with E-state index in [1.807, 2.05) is 32.0 Å². The predicted octanol–water partition coefficient (Wildman–Crippen LogP) is 2.50. The number of nitrogens with zero attached hydrogens (tertiary/aromatic N) is 5. The van der Waals surface area contributed by atoms with Crippen LogP contribution in [0.5, 0.6) is 0 Å². The Balaban J connectivity index is 2.06. The quantitative estimate of drug-likeness (QED) is 0.567. The van der Waals surface area contributed by atoms with Gasteiger partial charge in [-0.05, 0) is 48.0 Å². The van der Waals surface area contributed by atoms with Crippen LogP contribution in [-0.4, -0.2) is 32.2 Å². The predicted molar refractivity (Wildman–Crippen MR) is 92.6 cm³/mol. The van der Waals surface area contributed by atoms with E-state index in [-0.39, 0.29) is 11.7 Å². The van der Waals surface area contributed by atoms with Gasteiger partial charge in [-0.15, -0.1) is 5.10 Å². The van der Waals surface area contributed by atoms with Crippen LogP contribution in [0, 0.1) is 24.0 Å². The molecule has 1 heterocycles. The maximum absolute atomic E-state index is 10.8. The van der Waals surface area contributed by atoms with E-state index in [1.54, 1.807) is 23.9 Å². The Labute approximate surface area is 144 Å². The summed E-state index contributed by atoms with van der Waals surface area (Å²) in [6, 6.07) is 12.1. The fourth-order valence-electron chi connectivity index (χ4n) is 2.91. The third-order valence-electron chi connectivity index (χ3n) is 4.13. The van der Waals surface area contributed by atoms with Crippen LogP contribution in [0.4, 0.5) is 5.69 Å². The van der Waals surface area contributed by atoms with Gasteiger partial charge in [0.2, 0.25) is 0 Å². The number of aromatic nitrogens is 4. The minimum absolute atomic E-state index is 0.0490. The van der Waals surface area contributed by atoms with E-state index in [0.717, 1.165) is 22.4 Å². The van der Waals surface area contributed by atoms with Gasteiger partial charge < -0.3 is 5.32 Å². The molecule has 0 aliphatic heterocycles. The second kappa shape index (κ2) is 6.78. The van der Waals surface area contributed by atoms with Crippen molar-refractivity contribution in [3.8, 4) is 5.69 Å². The summed E-state index contributed by atoms with van der Waals surface area (Å²) < 4.78 is 1.72. The van der Waals surface area contributed by atoms with Crippen molar-refractivity contribution in [2.24, 2.45) is 0 Å². The average Bonchev–Trinajstić information content (AvgIpc) is 3.05. The SMILES string of the molecule is CNC(c1ccc([N+](=O)[O-])cc1)c1nnnn1-c1c(C)cccc1C. The number of nitro groups is 1. The van der Waals surface area contributed by atoms with Gasteiger partial charge in [0.1, 0.15) is 0 Å². The second-order valence-corrected chi connectivity index (χ2v) is 5.76. The van der Waals surface area contributed by atoms with E-state index in [2.05, 4.69) is 20.8 Å². The monoisotopic (exact) mass is 338 g/mol. The van der Waals surface area contributed by atoms with Crippen molar-refractivity contribution in [3.63, 3.8) is 0 Å². The molecule has 0 fully saturated rings. The molecule has 3 aromatic rings. The Kier molecular flexibility index (Phi) is 4.53. The fraction of sp³-hybridized carbons (Fsp3) is 0.235. The molecular formula is C17H18N6O2. The molecule has 0 aliphatic carbocycles. The van der Waals surface area contributed by atoms with E-state index in [1.165, 1.54) is 12.1 Å². The van der Waals surface area contributed by atoms with Crippen LogP contribution in [0.3, 0.4) is 0 Å². The second-order valence-electron chi connectivity index (χ2n) is 5.76. The number of tetrazole rings is 1. The average molecular weight is 338 g/mol. The Morgan fingerprint density at radius 2 is 1.76 bits per heavy atom. The number of rotatable bonds is 5. The highest BCUT2D eigenvalue weighted by Crippen LogP contribution is 2.26. The molecule has 1 atom stereocenters. The number of benzene rings is 2. The van der Waals surface area contributed by atoms with Crippen molar-refractivity contribution in [1.29, 1.82) is 0 Å². The molecule has 1 aromatic heterocycles. The van der Waals surface area contributed by atoms with Gasteiger partial charge in [0.25, 0.3) is 5.69 Å². The lowest BCUT2D eigenvalue weighted by molar-refractivity contribution is -0.384. The molecule has 8 heteroatoms. The third-order valence-corrected chi connectivity index (χ3v) is 4.13. The summed E-state index contributed by atoms with van der Waals surface area (Å²) in [6.45, 7) is 4.02. The highest BCUT2D eigenvalue weighted by atomic mass is 16.6. The van der Waals surface area contributed by atoms with Crippen LogP contribution in [-0.2, 0) is 0 Å². The van der Waals surface area contributed by atoms with Crippen molar-refractivity contribution in [2.45, 2.75) is 19.9 Å². The number of para-hydroxylation sites is 1. The van der Waals surface area contributed by atoms with Gasteiger partial charge in [-0.3, -0.25) is 10.1 Å². The lowest BCUT2D eigenvalue weighted by atomic mass is 10.0. The molecule has 0 spiro atoms. The smallest absolute Gasteiger partial charge is 0.269 e. The molecule has 128 valence electrons. The zero-order chi connectivity index (χ0) is 18.0. The lowest BCUT2D eigenvalue weighted by Gasteiger charge is -2.18. The van der Waals surface area contributed by atoms with E-state index < -0.39 is 4.92 Å². The molecule has 0 saturated heterocycles. The maximum Gasteiger partial charge on any atom is 0.269 e. The van der Waals surface area contributed by atoms with Crippen molar-refractivity contribution in [1.82, 2.24) is 25.5 Å². The minimum Gasteiger partial charge on any atom is -0.307 e. The first-order valence-electron chi connectivity index (χ1n) is 7.79. The molecule has 0 amide bonds. The van der Waals surface area contributed by atoms with Crippen molar-refractivity contribution < 1.29 is 4.92 Å². The molecule has 8 nitrogen and oxygen atoms in total. The van der Waals surface area contributed by atoms with E-state index in [0.29, 0.717) is 5.82 Å². The van der Waals surface area contributed by atoms with Gasteiger partial charge in [0.05, 0.1) is 16.7 Å². The first-order valence-corrected chi connectivity index (χ1v) is 7.79. The standard InChI is InChI=1S/C17H18N6O2/c1-11-5-4-6-12(2)16(11)22-17(19-20-21-22)15(18-3)13-7-9-14(10-8-13)23(24)25/h4-10,15,18H,1-3H3. The summed E-state index contributed by atoms with van der Waals surface area (Å²) in [5.74, 6) is 0.619. The Morgan fingerprint density at radius 3 is 2.32 bits per heavy atom. The lowest BCUT2D eigenvalue weighted by Crippen LogP contribution is -2.22. The van der Waals surface area contributed by atoms with Crippen molar-refractivity contribution in [3.05, 3.63) is 75.1 Å². The summed E-state index contributed by atoms with van der Waals surface area (Å²) in [6.07, 6.45) is 0. The minimum atomic E-state index is -0.418. The molecule has 0 aliphatic rings. The van der Waals surface area contributed by atoms with Crippen molar-refractivity contribution in [2.75, 3.05) is 7.05 Å². The number of hydrogen-bond donors (Lipinski definition) is 1. The summed E-state index contributed by atoms with van der Waals surface area (Å²) in [4.78, 5) is 10.4. The number of nitro benzene ring substituents is 1. The molecule has 1 N–H and O–H groups in total. The highest BCUT2D eigenvalue weighted by Gasteiger charge is 2.22. The summed E-state index contributed by atoms with van der Waals surface area (Å²) in [5, 5.41) is 26.2. The van der Waals surface area contributed by atoms with Crippen LogP contribution in [0.15, 0.2) is 42.5 Å². The maximum atomic E-state index is 10.8. The van der Waals surface area contributed by atoms with Crippen LogP contribution in [0.2, 0.25) is 0 Å². The van der Waals surface area contributed by atoms with Gasteiger partial charge >= 0.3 is 0 Å². The molecule has 0 saturated carbocycles. The molecule has 3 rings (SSSR count). The Morgan fingerprint density at radius 1 is 1.12 bits per heavy atom. The molecule has 0 bridgehead atoms. The molecule has 2 aromatic carbocycles.